The fraction of sp³-hybridized carbons (Fsp3) is 0.200. The minimum atomic E-state index is -4.40. The van der Waals surface area contributed by atoms with Crippen LogP contribution in [-0.4, -0.2) is 0 Å². The molecule has 0 spiro atoms. The summed E-state index contributed by atoms with van der Waals surface area (Å²) in [6.07, 6.45) is -4.40. The zero-order valence-electron chi connectivity index (χ0n) is 7.65. The number of halogens is 4. The fourth-order valence-electron chi connectivity index (χ4n) is 1.46. The fourth-order valence-corrected chi connectivity index (χ4v) is 1.93. The van der Waals surface area contributed by atoms with Gasteiger partial charge in [0.15, 0.2) is 0 Å². The molecule has 15 heavy (non-hydrogen) atoms. The van der Waals surface area contributed by atoms with Gasteiger partial charge in [-0.1, -0.05) is 15.9 Å². The molecule has 0 bridgehead atoms. The predicted octanol–water partition coefficient (Wildman–Crippen LogP) is 4.52. The normalized spacial score (nSPS) is 12.3. The van der Waals surface area contributed by atoms with Crippen molar-refractivity contribution in [3.05, 3.63) is 34.0 Å². The van der Waals surface area contributed by atoms with Gasteiger partial charge in [-0.05, 0) is 25.1 Å². The highest BCUT2D eigenvalue weighted by Gasteiger charge is 2.34. The summed E-state index contributed by atoms with van der Waals surface area (Å²) in [5.74, 6) is 0.466. The molecule has 0 unspecified atom stereocenters. The van der Waals surface area contributed by atoms with Crippen LogP contribution in [0, 0.1) is 6.92 Å². The van der Waals surface area contributed by atoms with Gasteiger partial charge in [-0.25, -0.2) is 0 Å². The lowest BCUT2D eigenvalue weighted by molar-refractivity contribution is -0.136. The lowest BCUT2D eigenvalue weighted by atomic mass is 10.1. The molecule has 0 atom stereocenters. The Kier molecular flexibility index (Phi) is 2.30. The maximum absolute atomic E-state index is 12.6. The van der Waals surface area contributed by atoms with E-state index in [1.807, 2.05) is 0 Å². The smallest absolute Gasteiger partial charge is 0.420 e. The quantitative estimate of drug-likeness (QED) is 0.690. The van der Waals surface area contributed by atoms with Gasteiger partial charge in [0, 0.05) is 9.86 Å². The third-order valence-electron chi connectivity index (χ3n) is 2.01. The number of hydrogen-bond donors (Lipinski definition) is 0. The Morgan fingerprint density at radius 3 is 2.47 bits per heavy atom. The molecule has 0 N–H and O–H groups in total. The number of fused-ring (bicyclic) bond motifs is 1. The van der Waals surface area contributed by atoms with E-state index < -0.39 is 11.7 Å². The molecule has 1 nitrogen and oxygen atoms in total. The molecule has 2 aromatic rings. The van der Waals surface area contributed by atoms with Crippen LogP contribution in [0.2, 0.25) is 0 Å². The minimum Gasteiger partial charge on any atom is -0.461 e. The summed E-state index contributed by atoms with van der Waals surface area (Å²) in [6, 6.07) is 4.20. The number of alkyl halides is 3. The van der Waals surface area contributed by atoms with Crippen LogP contribution in [0.3, 0.4) is 0 Å². The average Bonchev–Trinajstić information content (AvgIpc) is 2.41. The largest absolute Gasteiger partial charge is 0.461 e. The lowest BCUT2D eigenvalue weighted by Crippen LogP contribution is -2.05. The highest BCUT2D eigenvalue weighted by atomic mass is 79.9. The molecule has 0 amide bonds. The zero-order chi connectivity index (χ0) is 11.2. The van der Waals surface area contributed by atoms with Crippen molar-refractivity contribution in [3.63, 3.8) is 0 Å². The molecule has 0 saturated heterocycles. The summed E-state index contributed by atoms with van der Waals surface area (Å²) < 4.78 is 43.3. The second-order valence-electron chi connectivity index (χ2n) is 3.23. The van der Waals surface area contributed by atoms with Crippen LogP contribution in [0.4, 0.5) is 13.2 Å². The van der Waals surface area contributed by atoms with Gasteiger partial charge in [-0.3, -0.25) is 0 Å². The van der Waals surface area contributed by atoms with Gasteiger partial charge in [-0.2, -0.15) is 13.2 Å². The first-order valence-corrected chi connectivity index (χ1v) is 4.94. The van der Waals surface area contributed by atoms with Crippen LogP contribution < -0.4 is 0 Å². The molecular formula is C10H6BrF3O. The van der Waals surface area contributed by atoms with Crippen LogP contribution >= 0.6 is 15.9 Å². The number of furan rings is 1. The highest BCUT2D eigenvalue weighted by Crippen LogP contribution is 2.37. The first-order chi connectivity index (χ1) is 6.88. The van der Waals surface area contributed by atoms with E-state index in [4.69, 9.17) is 4.42 Å². The van der Waals surface area contributed by atoms with Gasteiger partial charge in [0.05, 0.1) is 5.56 Å². The van der Waals surface area contributed by atoms with Crippen molar-refractivity contribution >= 4 is 26.9 Å². The Hall–Kier alpha value is -0.970. The second kappa shape index (κ2) is 3.27. The summed E-state index contributed by atoms with van der Waals surface area (Å²) in [7, 11) is 0. The van der Waals surface area contributed by atoms with E-state index in [1.165, 1.54) is 0 Å². The van der Waals surface area contributed by atoms with Crippen molar-refractivity contribution < 1.29 is 17.6 Å². The van der Waals surface area contributed by atoms with Crippen LogP contribution in [0.1, 0.15) is 11.3 Å². The minimum absolute atomic E-state index is 0.108. The second-order valence-corrected chi connectivity index (χ2v) is 4.14. The van der Waals surface area contributed by atoms with Crippen LogP contribution in [0.5, 0.6) is 0 Å². The van der Waals surface area contributed by atoms with E-state index in [0.717, 1.165) is 6.07 Å². The topological polar surface area (TPSA) is 13.1 Å². The summed E-state index contributed by atoms with van der Waals surface area (Å²) in [4.78, 5) is 0. The van der Waals surface area contributed by atoms with Gasteiger partial charge >= 0.3 is 6.18 Å². The molecule has 0 saturated carbocycles. The standard InChI is InChI=1S/C10H6BrF3O/c1-5-2-6-3-7(11)4-8(9(6)15-5)10(12,13)14/h2-4H,1H3. The first kappa shape index (κ1) is 10.5. The first-order valence-electron chi connectivity index (χ1n) is 4.15. The van der Waals surface area contributed by atoms with E-state index in [0.29, 0.717) is 15.6 Å². The molecule has 1 heterocycles. The summed E-state index contributed by atoms with van der Waals surface area (Å²) in [5.41, 5.74) is -0.858. The van der Waals surface area contributed by atoms with E-state index in [9.17, 15) is 13.2 Å². The SMILES string of the molecule is Cc1cc2cc(Br)cc(C(F)(F)F)c2o1. The van der Waals surface area contributed by atoms with Gasteiger partial charge in [-0.15, -0.1) is 0 Å². The van der Waals surface area contributed by atoms with Crippen LogP contribution in [-0.2, 0) is 6.18 Å². The molecule has 0 aliphatic rings. The van der Waals surface area contributed by atoms with Crippen molar-refractivity contribution in [2.24, 2.45) is 0 Å². The Morgan fingerprint density at radius 2 is 1.87 bits per heavy atom. The third-order valence-corrected chi connectivity index (χ3v) is 2.47. The van der Waals surface area contributed by atoms with Gasteiger partial charge in [0.2, 0.25) is 0 Å². The number of aryl methyl sites for hydroxylation is 1. The van der Waals surface area contributed by atoms with Gasteiger partial charge in [0.25, 0.3) is 0 Å². The van der Waals surface area contributed by atoms with E-state index in [2.05, 4.69) is 15.9 Å². The van der Waals surface area contributed by atoms with Gasteiger partial charge in [0.1, 0.15) is 11.3 Å². The van der Waals surface area contributed by atoms with E-state index in [-0.39, 0.29) is 5.58 Å². The molecule has 0 radical (unpaired) electrons. The average molecular weight is 279 g/mol. The Bertz CT molecular complexity index is 513. The van der Waals surface area contributed by atoms with E-state index in [1.54, 1.807) is 19.1 Å². The monoisotopic (exact) mass is 278 g/mol. The van der Waals surface area contributed by atoms with Gasteiger partial charge < -0.3 is 4.42 Å². The molecule has 1 aromatic heterocycles. The molecular weight excluding hydrogens is 273 g/mol. The summed E-state index contributed by atoms with van der Waals surface area (Å²) in [5, 5.41) is 0.453. The lowest BCUT2D eigenvalue weighted by Gasteiger charge is -2.07. The molecule has 0 fully saturated rings. The Labute approximate surface area is 92.0 Å². The van der Waals surface area contributed by atoms with Crippen LogP contribution in [0.15, 0.2) is 27.1 Å². The summed E-state index contributed by atoms with van der Waals surface area (Å²) in [6.45, 7) is 1.62. The third kappa shape index (κ3) is 1.88. The van der Waals surface area contributed by atoms with Crippen molar-refractivity contribution in [1.82, 2.24) is 0 Å². The predicted molar refractivity (Wildman–Crippen MR) is 53.7 cm³/mol. The molecule has 0 aliphatic carbocycles. The van der Waals surface area contributed by atoms with Crippen molar-refractivity contribution in [1.29, 1.82) is 0 Å². The Balaban J connectivity index is 2.82. The molecule has 80 valence electrons. The van der Waals surface area contributed by atoms with Crippen molar-refractivity contribution in [3.8, 4) is 0 Å². The van der Waals surface area contributed by atoms with E-state index >= 15 is 0 Å². The summed E-state index contributed by atoms with van der Waals surface area (Å²) >= 11 is 3.04. The highest BCUT2D eigenvalue weighted by molar-refractivity contribution is 9.10. The zero-order valence-corrected chi connectivity index (χ0v) is 9.24. The maximum atomic E-state index is 12.6. The molecule has 2 rings (SSSR count). The van der Waals surface area contributed by atoms with Crippen molar-refractivity contribution in [2.75, 3.05) is 0 Å². The maximum Gasteiger partial charge on any atom is 0.420 e. The Morgan fingerprint density at radius 1 is 1.20 bits per heavy atom. The number of rotatable bonds is 0. The molecule has 1 aromatic carbocycles. The number of hydrogen-bond acceptors (Lipinski definition) is 1. The molecule has 5 heteroatoms. The van der Waals surface area contributed by atoms with Crippen LogP contribution in [0.25, 0.3) is 11.0 Å². The van der Waals surface area contributed by atoms with Crippen molar-refractivity contribution in [2.45, 2.75) is 13.1 Å². The molecule has 0 aliphatic heterocycles. The number of benzene rings is 1.